The molecule has 1 aromatic heterocycles. The molecule has 0 saturated heterocycles. The Kier molecular flexibility index (Phi) is 6.81. The van der Waals surface area contributed by atoms with Gasteiger partial charge in [0.2, 0.25) is 0 Å². The SMILES string of the molecule is COCCOc1ccccc1C(=O)Nc1ccc(S(=O)(=O)Nc2nccs2)cc1. The third kappa shape index (κ3) is 5.53. The number of thiazole rings is 1. The van der Waals surface area contributed by atoms with Gasteiger partial charge >= 0.3 is 0 Å². The molecule has 3 aromatic rings. The second-order valence-corrected chi connectivity index (χ2v) is 8.34. The highest BCUT2D eigenvalue weighted by atomic mass is 32.2. The highest BCUT2D eigenvalue weighted by Gasteiger charge is 2.16. The number of benzene rings is 2. The molecule has 0 unspecified atom stereocenters. The summed E-state index contributed by atoms with van der Waals surface area (Å²) in [4.78, 5) is 16.6. The molecule has 1 amide bonds. The maximum absolute atomic E-state index is 12.6. The van der Waals surface area contributed by atoms with Crippen molar-refractivity contribution in [3.8, 4) is 5.75 Å². The van der Waals surface area contributed by atoms with E-state index in [9.17, 15) is 13.2 Å². The first kappa shape index (κ1) is 20.8. The van der Waals surface area contributed by atoms with Gasteiger partial charge in [-0.25, -0.2) is 13.4 Å². The Morgan fingerprint density at radius 2 is 1.86 bits per heavy atom. The van der Waals surface area contributed by atoms with Crippen molar-refractivity contribution in [3.63, 3.8) is 0 Å². The van der Waals surface area contributed by atoms with E-state index < -0.39 is 10.0 Å². The summed E-state index contributed by atoms with van der Waals surface area (Å²) in [6.45, 7) is 0.723. The number of sulfonamides is 1. The van der Waals surface area contributed by atoms with Gasteiger partial charge in [0.25, 0.3) is 15.9 Å². The van der Waals surface area contributed by atoms with Gasteiger partial charge in [-0.1, -0.05) is 12.1 Å². The molecule has 0 saturated carbocycles. The molecule has 10 heteroatoms. The molecule has 1 heterocycles. The van der Waals surface area contributed by atoms with Crippen LogP contribution >= 0.6 is 11.3 Å². The van der Waals surface area contributed by atoms with Crippen LogP contribution in [0.25, 0.3) is 0 Å². The normalized spacial score (nSPS) is 11.1. The number of aromatic nitrogens is 1. The lowest BCUT2D eigenvalue weighted by molar-refractivity contribution is 0.101. The van der Waals surface area contributed by atoms with Crippen LogP contribution in [-0.4, -0.2) is 39.6 Å². The number of ether oxygens (including phenoxy) is 2. The van der Waals surface area contributed by atoms with E-state index in [0.717, 1.165) is 0 Å². The van der Waals surface area contributed by atoms with Crippen LogP contribution in [0.2, 0.25) is 0 Å². The number of anilines is 2. The number of nitrogens with zero attached hydrogens (tertiary/aromatic N) is 1. The molecule has 3 rings (SSSR count). The van der Waals surface area contributed by atoms with E-state index in [-0.39, 0.29) is 15.9 Å². The summed E-state index contributed by atoms with van der Waals surface area (Å²) in [6, 6.07) is 12.7. The Balaban J connectivity index is 1.69. The predicted octanol–water partition coefficient (Wildman–Crippen LogP) is 3.22. The number of carbonyl (C=O) groups excluding carboxylic acids is 1. The molecule has 0 aliphatic carbocycles. The van der Waals surface area contributed by atoms with Crippen molar-refractivity contribution in [1.82, 2.24) is 4.98 Å². The van der Waals surface area contributed by atoms with Crippen molar-refractivity contribution in [2.24, 2.45) is 0 Å². The minimum Gasteiger partial charge on any atom is -0.490 e. The number of hydrogen-bond donors (Lipinski definition) is 2. The summed E-state index contributed by atoms with van der Waals surface area (Å²) < 4.78 is 37.6. The molecular formula is C19H19N3O5S2. The van der Waals surface area contributed by atoms with Gasteiger partial charge in [-0.2, -0.15) is 0 Å². The fourth-order valence-corrected chi connectivity index (χ4v) is 4.17. The van der Waals surface area contributed by atoms with Crippen molar-refractivity contribution in [2.75, 3.05) is 30.4 Å². The van der Waals surface area contributed by atoms with Crippen molar-refractivity contribution in [3.05, 3.63) is 65.7 Å². The Bertz CT molecular complexity index is 1050. The van der Waals surface area contributed by atoms with Gasteiger partial charge < -0.3 is 14.8 Å². The molecule has 2 aromatic carbocycles. The van der Waals surface area contributed by atoms with Gasteiger partial charge in [-0.3, -0.25) is 9.52 Å². The summed E-state index contributed by atoms with van der Waals surface area (Å²) in [5.41, 5.74) is 0.820. The lowest BCUT2D eigenvalue weighted by atomic mass is 10.2. The van der Waals surface area contributed by atoms with Crippen molar-refractivity contribution in [1.29, 1.82) is 0 Å². The Morgan fingerprint density at radius 3 is 2.55 bits per heavy atom. The summed E-state index contributed by atoms with van der Waals surface area (Å²) in [7, 11) is -2.18. The predicted molar refractivity (Wildman–Crippen MR) is 111 cm³/mol. The van der Waals surface area contributed by atoms with E-state index in [0.29, 0.717) is 30.2 Å². The minimum absolute atomic E-state index is 0.0639. The molecule has 29 heavy (non-hydrogen) atoms. The first-order chi connectivity index (χ1) is 14.0. The highest BCUT2D eigenvalue weighted by Crippen LogP contribution is 2.22. The average molecular weight is 434 g/mol. The van der Waals surface area contributed by atoms with Crippen LogP contribution < -0.4 is 14.8 Å². The molecule has 0 aliphatic heterocycles. The number of rotatable bonds is 9. The Labute approximate surface area is 172 Å². The van der Waals surface area contributed by atoms with Crippen LogP contribution in [0.15, 0.2) is 65.0 Å². The van der Waals surface area contributed by atoms with Gasteiger partial charge in [0.15, 0.2) is 5.13 Å². The van der Waals surface area contributed by atoms with Crippen LogP contribution in [0.1, 0.15) is 10.4 Å². The maximum Gasteiger partial charge on any atom is 0.263 e. The van der Waals surface area contributed by atoms with E-state index in [1.165, 1.54) is 41.8 Å². The smallest absolute Gasteiger partial charge is 0.263 e. The molecule has 0 fully saturated rings. The zero-order valence-electron chi connectivity index (χ0n) is 15.5. The molecule has 8 nitrogen and oxygen atoms in total. The van der Waals surface area contributed by atoms with E-state index in [2.05, 4.69) is 15.0 Å². The molecule has 0 radical (unpaired) electrons. The zero-order valence-corrected chi connectivity index (χ0v) is 17.1. The highest BCUT2D eigenvalue weighted by molar-refractivity contribution is 7.93. The fourth-order valence-electron chi connectivity index (χ4n) is 2.38. The number of para-hydroxylation sites is 1. The van der Waals surface area contributed by atoms with Gasteiger partial charge in [0.1, 0.15) is 12.4 Å². The third-order valence-corrected chi connectivity index (χ3v) is 5.93. The number of carbonyl (C=O) groups is 1. The summed E-state index contributed by atoms with van der Waals surface area (Å²) in [6.07, 6.45) is 1.51. The standard InChI is InChI=1S/C19H19N3O5S2/c1-26-11-12-27-17-5-3-2-4-16(17)18(23)21-14-6-8-15(9-7-14)29(24,25)22-19-20-10-13-28-19/h2-10,13H,11-12H2,1H3,(H,20,22)(H,21,23). The van der Waals surface area contributed by atoms with Crippen molar-refractivity contribution < 1.29 is 22.7 Å². The lowest BCUT2D eigenvalue weighted by Gasteiger charge is -2.12. The zero-order chi connectivity index (χ0) is 20.7. The summed E-state index contributed by atoms with van der Waals surface area (Å²) in [5.74, 6) is 0.0726. The summed E-state index contributed by atoms with van der Waals surface area (Å²) >= 11 is 1.18. The number of methoxy groups -OCH3 is 1. The quantitative estimate of drug-likeness (QED) is 0.502. The van der Waals surface area contributed by atoms with Crippen molar-refractivity contribution >= 4 is 38.1 Å². The topological polar surface area (TPSA) is 107 Å². The van der Waals surface area contributed by atoms with Gasteiger partial charge in [-0.05, 0) is 36.4 Å². The molecule has 2 N–H and O–H groups in total. The number of amides is 1. The van der Waals surface area contributed by atoms with Gasteiger partial charge in [-0.15, -0.1) is 11.3 Å². The fraction of sp³-hybridized carbons (Fsp3) is 0.158. The molecular weight excluding hydrogens is 414 g/mol. The molecule has 0 atom stereocenters. The van der Waals surface area contributed by atoms with Crippen LogP contribution in [-0.2, 0) is 14.8 Å². The lowest BCUT2D eigenvalue weighted by Crippen LogP contribution is -2.15. The number of nitrogens with one attached hydrogen (secondary N) is 2. The van der Waals surface area contributed by atoms with E-state index >= 15 is 0 Å². The van der Waals surface area contributed by atoms with Crippen LogP contribution in [0, 0.1) is 0 Å². The molecule has 0 bridgehead atoms. The van der Waals surface area contributed by atoms with Crippen LogP contribution in [0.4, 0.5) is 10.8 Å². The summed E-state index contributed by atoms with van der Waals surface area (Å²) in [5, 5.41) is 4.70. The van der Waals surface area contributed by atoms with Crippen LogP contribution in [0.3, 0.4) is 0 Å². The Hall–Kier alpha value is -2.95. The average Bonchev–Trinajstić information content (AvgIpc) is 3.21. The van der Waals surface area contributed by atoms with E-state index in [1.54, 1.807) is 36.8 Å². The third-order valence-electron chi connectivity index (χ3n) is 3.75. The van der Waals surface area contributed by atoms with Gasteiger partial charge in [0.05, 0.1) is 17.1 Å². The Morgan fingerprint density at radius 1 is 1.10 bits per heavy atom. The molecule has 0 aliphatic rings. The monoisotopic (exact) mass is 433 g/mol. The van der Waals surface area contributed by atoms with Crippen LogP contribution in [0.5, 0.6) is 5.75 Å². The van der Waals surface area contributed by atoms with E-state index in [4.69, 9.17) is 9.47 Å². The second kappa shape index (κ2) is 9.50. The van der Waals surface area contributed by atoms with Crippen molar-refractivity contribution in [2.45, 2.75) is 4.90 Å². The molecule has 0 spiro atoms. The minimum atomic E-state index is -3.75. The molecule has 152 valence electrons. The van der Waals surface area contributed by atoms with Gasteiger partial charge in [0, 0.05) is 24.4 Å². The maximum atomic E-state index is 12.6. The second-order valence-electron chi connectivity index (χ2n) is 5.76. The first-order valence-corrected chi connectivity index (χ1v) is 10.9. The number of hydrogen-bond acceptors (Lipinski definition) is 7. The van der Waals surface area contributed by atoms with E-state index in [1.807, 2.05) is 0 Å². The largest absolute Gasteiger partial charge is 0.490 e. The first-order valence-electron chi connectivity index (χ1n) is 8.54.